The average molecular weight is 314 g/mol. The van der Waals surface area contributed by atoms with Crippen LogP contribution in [0.15, 0.2) is 54.6 Å². The zero-order valence-corrected chi connectivity index (χ0v) is 12.7. The molecule has 6 nitrogen and oxygen atoms in total. The summed E-state index contributed by atoms with van der Waals surface area (Å²) < 4.78 is 5.07. The van der Waals surface area contributed by atoms with E-state index in [9.17, 15) is 9.59 Å². The van der Waals surface area contributed by atoms with Gasteiger partial charge in [-0.25, -0.2) is 0 Å². The summed E-state index contributed by atoms with van der Waals surface area (Å²) in [6, 6.07) is 15.9. The summed E-state index contributed by atoms with van der Waals surface area (Å²) in [5, 5.41) is 12.0. The third kappa shape index (κ3) is 4.74. The third-order valence-corrected chi connectivity index (χ3v) is 3.20. The third-order valence-electron chi connectivity index (χ3n) is 3.20. The zero-order chi connectivity index (χ0) is 16.7. The van der Waals surface area contributed by atoms with Crippen molar-refractivity contribution in [2.75, 3.05) is 30.4 Å². The molecule has 0 saturated carbocycles. The van der Waals surface area contributed by atoms with Gasteiger partial charge in [-0.1, -0.05) is 18.2 Å². The van der Waals surface area contributed by atoms with Crippen LogP contribution in [0.5, 0.6) is 5.75 Å². The quantitative estimate of drug-likeness (QED) is 0.819. The largest absolute Gasteiger partial charge is 0.497 e. The van der Waals surface area contributed by atoms with Crippen molar-refractivity contribution in [2.24, 2.45) is 0 Å². The highest BCUT2D eigenvalue weighted by atomic mass is 16.5. The van der Waals surface area contributed by atoms with E-state index in [1.807, 2.05) is 6.07 Å². The van der Waals surface area contributed by atoms with Gasteiger partial charge in [0.05, 0.1) is 13.7 Å². The number of carbonyl (C=O) groups excluding carboxylic acids is 1. The minimum absolute atomic E-state index is 0.00545. The van der Waals surface area contributed by atoms with E-state index in [1.54, 1.807) is 55.6 Å². The van der Waals surface area contributed by atoms with E-state index >= 15 is 0 Å². The van der Waals surface area contributed by atoms with Crippen molar-refractivity contribution in [1.82, 2.24) is 0 Å². The van der Waals surface area contributed by atoms with Crippen molar-refractivity contribution in [3.63, 3.8) is 0 Å². The molecule has 120 valence electrons. The van der Waals surface area contributed by atoms with Crippen molar-refractivity contribution in [3.05, 3.63) is 54.6 Å². The van der Waals surface area contributed by atoms with E-state index in [0.717, 1.165) is 11.4 Å². The first-order chi connectivity index (χ1) is 11.1. The molecule has 0 radical (unpaired) electrons. The van der Waals surface area contributed by atoms with Gasteiger partial charge in [-0.2, -0.15) is 0 Å². The summed E-state index contributed by atoms with van der Waals surface area (Å²) in [6.07, 6.45) is 0. The molecule has 2 N–H and O–H groups in total. The Morgan fingerprint density at radius 2 is 1.74 bits per heavy atom. The Kier molecular flexibility index (Phi) is 5.57. The van der Waals surface area contributed by atoms with Crippen LogP contribution in [0.25, 0.3) is 0 Å². The topological polar surface area (TPSA) is 78.9 Å². The fourth-order valence-electron chi connectivity index (χ4n) is 2.05. The normalized spacial score (nSPS) is 9.96. The molecule has 0 aliphatic carbocycles. The lowest BCUT2D eigenvalue weighted by atomic mass is 10.2. The number of benzene rings is 2. The van der Waals surface area contributed by atoms with E-state index < -0.39 is 5.97 Å². The van der Waals surface area contributed by atoms with Crippen LogP contribution in [0, 0.1) is 0 Å². The maximum atomic E-state index is 12.4. The molecule has 2 rings (SSSR count). The van der Waals surface area contributed by atoms with E-state index in [1.165, 1.54) is 4.90 Å². The van der Waals surface area contributed by atoms with Crippen molar-refractivity contribution in [1.29, 1.82) is 0 Å². The molecule has 0 aliphatic heterocycles. The second-order valence-electron chi connectivity index (χ2n) is 4.79. The number of nitrogens with one attached hydrogen (secondary N) is 1. The number of hydrogen-bond acceptors (Lipinski definition) is 4. The van der Waals surface area contributed by atoms with Crippen LogP contribution in [0.3, 0.4) is 0 Å². The highest BCUT2D eigenvalue weighted by Crippen LogP contribution is 2.16. The number of aliphatic carboxylic acids is 1. The molecule has 0 atom stereocenters. The molecule has 1 amide bonds. The molecule has 23 heavy (non-hydrogen) atoms. The lowest BCUT2D eigenvalue weighted by Gasteiger charge is -2.21. The monoisotopic (exact) mass is 314 g/mol. The van der Waals surface area contributed by atoms with Gasteiger partial charge >= 0.3 is 5.97 Å². The highest BCUT2D eigenvalue weighted by molar-refractivity contribution is 5.99. The minimum atomic E-state index is -1.06. The molecule has 0 heterocycles. The molecular weight excluding hydrogens is 296 g/mol. The van der Waals surface area contributed by atoms with Crippen LogP contribution in [-0.4, -0.2) is 37.2 Å². The van der Waals surface area contributed by atoms with Crippen molar-refractivity contribution < 1.29 is 19.4 Å². The average Bonchev–Trinajstić information content (AvgIpc) is 2.58. The molecule has 0 fully saturated rings. The standard InChI is InChI=1S/C17H18N2O4/c1-23-15-9-7-13(8-10-15)18-11-16(20)19(12-17(21)22)14-5-3-2-4-6-14/h2-10,18H,11-12H2,1H3,(H,21,22). The second kappa shape index (κ2) is 7.84. The molecule has 0 aromatic heterocycles. The van der Waals surface area contributed by atoms with Gasteiger partial charge < -0.3 is 15.2 Å². The van der Waals surface area contributed by atoms with Gasteiger partial charge in [-0.05, 0) is 36.4 Å². The Bertz CT molecular complexity index is 656. The minimum Gasteiger partial charge on any atom is -0.497 e. The van der Waals surface area contributed by atoms with Crippen LogP contribution in [0.2, 0.25) is 0 Å². The Balaban J connectivity index is 2.03. The van der Waals surface area contributed by atoms with Crippen LogP contribution >= 0.6 is 0 Å². The van der Waals surface area contributed by atoms with E-state index in [0.29, 0.717) is 5.69 Å². The maximum Gasteiger partial charge on any atom is 0.323 e. The summed E-state index contributed by atoms with van der Waals surface area (Å²) >= 11 is 0. The predicted octanol–water partition coefficient (Wildman–Crippen LogP) is 2.22. The second-order valence-corrected chi connectivity index (χ2v) is 4.79. The molecule has 0 bridgehead atoms. The number of ether oxygens (including phenoxy) is 1. The van der Waals surface area contributed by atoms with Crippen LogP contribution < -0.4 is 15.0 Å². The molecule has 2 aromatic carbocycles. The number of carboxylic acids is 1. The van der Waals surface area contributed by atoms with Crippen LogP contribution in [-0.2, 0) is 9.59 Å². The number of amides is 1. The number of hydrogen-bond donors (Lipinski definition) is 2. The highest BCUT2D eigenvalue weighted by Gasteiger charge is 2.18. The van der Waals surface area contributed by atoms with Gasteiger partial charge in [-0.3, -0.25) is 14.5 Å². The van der Waals surface area contributed by atoms with Crippen molar-refractivity contribution in [2.45, 2.75) is 0 Å². The molecule has 0 spiro atoms. The van der Waals surface area contributed by atoms with Gasteiger partial charge in [0.25, 0.3) is 0 Å². The van der Waals surface area contributed by atoms with Gasteiger partial charge in [0, 0.05) is 11.4 Å². The van der Waals surface area contributed by atoms with Gasteiger partial charge in [0.1, 0.15) is 12.3 Å². The number of rotatable bonds is 7. The Hall–Kier alpha value is -3.02. The van der Waals surface area contributed by atoms with Crippen molar-refractivity contribution in [3.8, 4) is 5.75 Å². The fraction of sp³-hybridized carbons (Fsp3) is 0.176. The van der Waals surface area contributed by atoms with Crippen molar-refractivity contribution >= 4 is 23.3 Å². The summed E-state index contributed by atoms with van der Waals surface area (Å²) in [6.45, 7) is -0.387. The first-order valence-corrected chi connectivity index (χ1v) is 7.05. The first-order valence-electron chi connectivity index (χ1n) is 7.05. The van der Waals surface area contributed by atoms with Gasteiger partial charge in [0.15, 0.2) is 0 Å². The number of methoxy groups -OCH3 is 1. The smallest absolute Gasteiger partial charge is 0.323 e. The summed E-state index contributed by atoms with van der Waals surface area (Å²) in [5.41, 5.74) is 1.30. The molecule has 0 aliphatic rings. The SMILES string of the molecule is COc1ccc(NCC(=O)N(CC(=O)O)c2ccccc2)cc1. The molecule has 6 heteroatoms. The predicted molar refractivity (Wildman–Crippen MR) is 87.9 cm³/mol. The molecular formula is C17H18N2O4. The number of carboxylic acid groups (broad SMARTS) is 1. The summed E-state index contributed by atoms with van der Waals surface area (Å²) in [4.78, 5) is 24.6. The number of para-hydroxylation sites is 1. The Morgan fingerprint density at radius 3 is 2.30 bits per heavy atom. The summed E-state index contributed by atoms with van der Waals surface area (Å²) in [5.74, 6) is -0.667. The van der Waals surface area contributed by atoms with Gasteiger partial charge in [-0.15, -0.1) is 0 Å². The first kappa shape index (κ1) is 16.4. The van der Waals surface area contributed by atoms with E-state index in [4.69, 9.17) is 9.84 Å². The maximum absolute atomic E-state index is 12.4. The van der Waals surface area contributed by atoms with E-state index in [2.05, 4.69) is 5.32 Å². The van der Waals surface area contributed by atoms with Crippen LogP contribution in [0.4, 0.5) is 11.4 Å². The zero-order valence-electron chi connectivity index (χ0n) is 12.7. The van der Waals surface area contributed by atoms with Crippen LogP contribution in [0.1, 0.15) is 0 Å². The lowest BCUT2D eigenvalue weighted by Crippen LogP contribution is -2.39. The summed E-state index contributed by atoms with van der Waals surface area (Å²) in [7, 11) is 1.58. The molecule has 2 aromatic rings. The number of carbonyl (C=O) groups is 2. The van der Waals surface area contributed by atoms with Gasteiger partial charge in [0.2, 0.25) is 5.91 Å². The Labute approximate surface area is 134 Å². The number of anilines is 2. The Morgan fingerprint density at radius 1 is 1.09 bits per heavy atom. The number of nitrogens with zero attached hydrogens (tertiary/aromatic N) is 1. The molecule has 0 saturated heterocycles. The van der Waals surface area contributed by atoms with E-state index in [-0.39, 0.29) is 19.0 Å². The fourth-order valence-corrected chi connectivity index (χ4v) is 2.05. The molecule has 0 unspecified atom stereocenters. The lowest BCUT2D eigenvalue weighted by molar-refractivity contribution is -0.136.